The summed E-state index contributed by atoms with van der Waals surface area (Å²) in [7, 11) is 0. The van der Waals surface area contributed by atoms with Gasteiger partial charge < -0.3 is 0 Å². The fourth-order valence-corrected chi connectivity index (χ4v) is 1.69. The predicted octanol–water partition coefficient (Wildman–Crippen LogP) is 3.31. The summed E-state index contributed by atoms with van der Waals surface area (Å²) >= 11 is 0. The molecule has 1 aliphatic rings. The smallest absolute Gasteiger partial charge is 0.000432 e. The van der Waals surface area contributed by atoms with E-state index in [4.69, 9.17) is 0 Å². The second-order valence-electron chi connectivity index (χ2n) is 3.40. The van der Waals surface area contributed by atoms with E-state index in [-0.39, 0.29) is 0 Å². The Labute approximate surface area is 63.6 Å². The third-order valence-electron chi connectivity index (χ3n) is 2.60. The molecule has 0 heteroatoms. The summed E-state index contributed by atoms with van der Waals surface area (Å²) in [5.41, 5.74) is 4.47. The van der Waals surface area contributed by atoms with Gasteiger partial charge in [0.1, 0.15) is 0 Å². The number of allylic oxidation sites excluding steroid dienone is 3. The van der Waals surface area contributed by atoms with Crippen molar-refractivity contribution in [2.45, 2.75) is 33.6 Å². The lowest BCUT2D eigenvalue weighted by Crippen LogP contribution is -1.96. The van der Waals surface area contributed by atoms with E-state index in [1.54, 1.807) is 11.1 Å². The molecule has 1 rings (SSSR count). The Balaban J connectivity index is 2.77. The fraction of sp³-hybridized carbons (Fsp3) is 0.600. The lowest BCUT2D eigenvalue weighted by molar-refractivity contribution is 0.699. The standard InChI is InChI=1S/C10H16/c1-7(2)10-6-5-8(3)9(10)4/h10H,1,5-6H2,2-4H3. The van der Waals surface area contributed by atoms with Crippen LogP contribution < -0.4 is 0 Å². The van der Waals surface area contributed by atoms with Crippen molar-refractivity contribution < 1.29 is 0 Å². The molecule has 0 aromatic rings. The van der Waals surface area contributed by atoms with Gasteiger partial charge in [0.2, 0.25) is 0 Å². The Bertz CT molecular complexity index is 184. The largest absolute Gasteiger partial charge is 0.0995 e. The van der Waals surface area contributed by atoms with Crippen molar-refractivity contribution in [3.63, 3.8) is 0 Å². The first-order valence-corrected chi connectivity index (χ1v) is 3.94. The monoisotopic (exact) mass is 136 g/mol. The zero-order chi connectivity index (χ0) is 7.72. The average Bonchev–Trinajstić information content (AvgIpc) is 2.14. The Morgan fingerprint density at radius 3 is 2.30 bits per heavy atom. The topological polar surface area (TPSA) is 0 Å². The Morgan fingerprint density at radius 2 is 2.10 bits per heavy atom. The van der Waals surface area contributed by atoms with Gasteiger partial charge in [-0.15, -0.1) is 0 Å². The average molecular weight is 136 g/mol. The first-order valence-electron chi connectivity index (χ1n) is 3.94. The Morgan fingerprint density at radius 1 is 1.50 bits per heavy atom. The van der Waals surface area contributed by atoms with Gasteiger partial charge in [-0.1, -0.05) is 23.3 Å². The van der Waals surface area contributed by atoms with Crippen molar-refractivity contribution in [2.75, 3.05) is 0 Å². The number of rotatable bonds is 1. The van der Waals surface area contributed by atoms with Crippen LogP contribution in [0.5, 0.6) is 0 Å². The summed E-state index contributed by atoms with van der Waals surface area (Å²) in [5, 5.41) is 0. The zero-order valence-corrected chi connectivity index (χ0v) is 7.20. The molecule has 0 fully saturated rings. The highest BCUT2D eigenvalue weighted by Gasteiger charge is 2.19. The van der Waals surface area contributed by atoms with Gasteiger partial charge in [0.15, 0.2) is 0 Å². The van der Waals surface area contributed by atoms with Gasteiger partial charge in [-0.25, -0.2) is 0 Å². The third-order valence-corrected chi connectivity index (χ3v) is 2.60. The minimum Gasteiger partial charge on any atom is -0.0995 e. The van der Waals surface area contributed by atoms with Crippen molar-refractivity contribution in [3.05, 3.63) is 23.3 Å². The van der Waals surface area contributed by atoms with Crippen molar-refractivity contribution in [1.29, 1.82) is 0 Å². The maximum Gasteiger partial charge on any atom is 0.000432 e. The Hall–Kier alpha value is -0.520. The van der Waals surface area contributed by atoms with Gasteiger partial charge in [-0.2, -0.15) is 0 Å². The molecule has 0 saturated heterocycles. The van der Waals surface area contributed by atoms with Gasteiger partial charge in [0, 0.05) is 5.92 Å². The summed E-state index contributed by atoms with van der Waals surface area (Å²) in [6, 6.07) is 0. The van der Waals surface area contributed by atoms with Crippen LogP contribution in [0.25, 0.3) is 0 Å². The highest BCUT2D eigenvalue weighted by atomic mass is 14.2. The molecule has 0 aliphatic heterocycles. The minimum absolute atomic E-state index is 0.694. The molecule has 1 aliphatic carbocycles. The normalized spacial score (nSPS) is 25.7. The summed E-state index contributed by atoms with van der Waals surface area (Å²) in [5.74, 6) is 0.694. The molecule has 0 aromatic carbocycles. The SMILES string of the molecule is C=C(C)C1CCC(C)=C1C. The molecule has 0 N–H and O–H groups in total. The fourth-order valence-electron chi connectivity index (χ4n) is 1.69. The van der Waals surface area contributed by atoms with Gasteiger partial charge in [0.25, 0.3) is 0 Å². The van der Waals surface area contributed by atoms with Crippen LogP contribution in [0.1, 0.15) is 33.6 Å². The molecule has 1 atom stereocenters. The van der Waals surface area contributed by atoms with E-state index >= 15 is 0 Å². The molecular formula is C10H16. The number of hydrogen-bond acceptors (Lipinski definition) is 0. The van der Waals surface area contributed by atoms with Crippen LogP contribution in [0.4, 0.5) is 0 Å². The van der Waals surface area contributed by atoms with Gasteiger partial charge >= 0.3 is 0 Å². The summed E-state index contributed by atoms with van der Waals surface area (Å²) in [6.07, 6.45) is 2.58. The van der Waals surface area contributed by atoms with Crippen LogP contribution >= 0.6 is 0 Å². The second kappa shape index (κ2) is 2.61. The Kier molecular flexibility index (Phi) is 1.98. The van der Waals surface area contributed by atoms with Gasteiger partial charge in [-0.05, 0) is 33.6 Å². The van der Waals surface area contributed by atoms with Crippen molar-refractivity contribution in [1.82, 2.24) is 0 Å². The van der Waals surface area contributed by atoms with E-state index in [0.717, 1.165) is 0 Å². The maximum absolute atomic E-state index is 3.99. The number of hydrogen-bond donors (Lipinski definition) is 0. The third kappa shape index (κ3) is 1.16. The van der Waals surface area contributed by atoms with Gasteiger partial charge in [0.05, 0.1) is 0 Å². The quantitative estimate of drug-likeness (QED) is 0.485. The lowest BCUT2D eigenvalue weighted by atomic mass is 9.95. The molecule has 0 radical (unpaired) electrons. The van der Waals surface area contributed by atoms with Crippen LogP contribution in [-0.4, -0.2) is 0 Å². The predicted molar refractivity (Wildman–Crippen MR) is 45.9 cm³/mol. The van der Waals surface area contributed by atoms with E-state index in [9.17, 15) is 0 Å². The lowest BCUT2D eigenvalue weighted by Gasteiger charge is -2.10. The van der Waals surface area contributed by atoms with Crippen molar-refractivity contribution >= 4 is 0 Å². The van der Waals surface area contributed by atoms with Crippen molar-refractivity contribution in [2.24, 2.45) is 5.92 Å². The van der Waals surface area contributed by atoms with E-state index in [0.29, 0.717) is 5.92 Å². The first-order chi connectivity index (χ1) is 4.63. The van der Waals surface area contributed by atoms with Crippen LogP contribution in [0.3, 0.4) is 0 Å². The summed E-state index contributed by atoms with van der Waals surface area (Å²) < 4.78 is 0. The molecule has 0 heterocycles. The minimum atomic E-state index is 0.694. The van der Waals surface area contributed by atoms with Crippen LogP contribution in [-0.2, 0) is 0 Å². The van der Waals surface area contributed by atoms with Crippen LogP contribution in [0.15, 0.2) is 23.3 Å². The maximum atomic E-state index is 3.99. The van der Waals surface area contributed by atoms with E-state index < -0.39 is 0 Å². The highest BCUT2D eigenvalue weighted by Crippen LogP contribution is 2.34. The summed E-state index contributed by atoms with van der Waals surface area (Å²) in [6.45, 7) is 10.6. The molecule has 0 amide bonds. The second-order valence-corrected chi connectivity index (χ2v) is 3.40. The molecule has 0 aromatic heterocycles. The molecule has 56 valence electrons. The molecule has 10 heavy (non-hydrogen) atoms. The van der Waals surface area contributed by atoms with E-state index in [2.05, 4.69) is 27.4 Å². The van der Waals surface area contributed by atoms with Crippen LogP contribution in [0, 0.1) is 5.92 Å². The molecule has 0 saturated carbocycles. The van der Waals surface area contributed by atoms with Crippen molar-refractivity contribution in [3.8, 4) is 0 Å². The molecular weight excluding hydrogens is 120 g/mol. The zero-order valence-electron chi connectivity index (χ0n) is 7.20. The molecule has 0 bridgehead atoms. The molecule has 0 nitrogen and oxygen atoms in total. The van der Waals surface area contributed by atoms with Gasteiger partial charge in [-0.3, -0.25) is 0 Å². The molecule has 0 spiro atoms. The summed E-state index contributed by atoms with van der Waals surface area (Å²) in [4.78, 5) is 0. The molecule has 1 unspecified atom stereocenters. The first kappa shape index (κ1) is 7.59. The van der Waals surface area contributed by atoms with E-state index in [1.807, 2.05) is 0 Å². The highest BCUT2D eigenvalue weighted by molar-refractivity contribution is 5.26. The van der Waals surface area contributed by atoms with Crippen LogP contribution in [0.2, 0.25) is 0 Å². The van der Waals surface area contributed by atoms with E-state index in [1.165, 1.54) is 18.4 Å².